The molecule has 1 aromatic carbocycles. The Morgan fingerprint density at radius 1 is 1.34 bits per heavy atom. The average molecular weight is 474 g/mol. The smallest absolute Gasteiger partial charge is 0.493 e. The van der Waals surface area contributed by atoms with Crippen LogP contribution in [-0.4, -0.2) is 68.5 Å². The number of methoxy groups -OCH3 is 1. The molecule has 4 rings (SSSR count). The summed E-state index contributed by atoms with van der Waals surface area (Å²) in [4.78, 5) is 19.2. The molecule has 0 aliphatic carbocycles. The summed E-state index contributed by atoms with van der Waals surface area (Å²) in [5.41, 5.74) is 2.27. The predicted molar refractivity (Wildman–Crippen MR) is 106 cm³/mol. The number of hydrogen-bond acceptors (Lipinski definition) is 8. The number of nitrogens with zero attached hydrogens (tertiary/aromatic N) is 2. The lowest BCUT2D eigenvalue weighted by molar-refractivity contribution is -0.325. The van der Waals surface area contributed by atoms with Crippen molar-refractivity contribution in [1.82, 2.24) is 9.88 Å². The van der Waals surface area contributed by atoms with Crippen molar-refractivity contribution >= 4 is 17.2 Å². The Morgan fingerprint density at radius 3 is 2.91 bits per heavy atom. The number of likely N-dealkylation sites (tertiary alicyclic amines) is 1. The monoisotopic (exact) mass is 474 g/mol. The highest BCUT2D eigenvalue weighted by atomic mass is 32.1. The van der Waals surface area contributed by atoms with E-state index in [1.807, 2.05) is 5.38 Å². The van der Waals surface area contributed by atoms with E-state index < -0.39 is 18.6 Å². The maximum absolute atomic E-state index is 13.1. The van der Waals surface area contributed by atoms with Gasteiger partial charge in [0.15, 0.2) is 11.5 Å². The Kier molecular flexibility index (Phi) is 6.56. The summed E-state index contributed by atoms with van der Waals surface area (Å²) in [6, 6.07) is 4.52. The molecule has 2 unspecified atom stereocenters. The van der Waals surface area contributed by atoms with Gasteiger partial charge in [-0.15, -0.1) is 24.5 Å². The minimum atomic E-state index is -4.72. The second kappa shape index (κ2) is 9.22. The van der Waals surface area contributed by atoms with Gasteiger partial charge in [0.05, 0.1) is 31.5 Å². The van der Waals surface area contributed by atoms with E-state index in [1.54, 1.807) is 16.5 Å². The number of halogens is 3. The molecule has 0 saturated carbocycles. The Hall–Kier alpha value is -2.41. The van der Waals surface area contributed by atoms with E-state index in [-0.39, 0.29) is 36.9 Å². The number of alkyl halides is 3. The number of piperidine rings is 1. The van der Waals surface area contributed by atoms with Crippen molar-refractivity contribution in [2.45, 2.75) is 24.5 Å². The highest BCUT2D eigenvalue weighted by Gasteiger charge is 2.52. The SMILES string of the molecule is COc1cc(C(=O)N2CCC3(c4cscn4)OCOC3C2)ccc1OCCOC(F)(F)F. The highest BCUT2D eigenvalue weighted by Crippen LogP contribution is 2.42. The molecule has 1 aromatic heterocycles. The van der Waals surface area contributed by atoms with Gasteiger partial charge in [-0.3, -0.25) is 9.53 Å². The minimum absolute atomic E-state index is 0.141. The van der Waals surface area contributed by atoms with Crippen molar-refractivity contribution in [1.29, 1.82) is 0 Å². The molecule has 0 bridgehead atoms. The van der Waals surface area contributed by atoms with Crippen LogP contribution in [0.1, 0.15) is 22.5 Å². The van der Waals surface area contributed by atoms with Crippen LogP contribution in [0.15, 0.2) is 29.1 Å². The van der Waals surface area contributed by atoms with Gasteiger partial charge in [-0.2, -0.15) is 0 Å². The lowest BCUT2D eigenvalue weighted by Crippen LogP contribution is -2.53. The van der Waals surface area contributed by atoms with Crippen LogP contribution in [0.25, 0.3) is 0 Å². The van der Waals surface area contributed by atoms with Gasteiger partial charge in [0.25, 0.3) is 5.91 Å². The standard InChI is InChI=1S/C20H21F3N2O6S/c1-27-15-8-13(2-3-14(15)28-6-7-30-20(21,22)23)18(26)25-5-4-19(16-10-32-11-24-16)17(9-25)29-12-31-19/h2-3,8,10-11,17H,4-7,9,12H2,1H3. The summed E-state index contributed by atoms with van der Waals surface area (Å²) < 4.78 is 62.1. The summed E-state index contributed by atoms with van der Waals surface area (Å²) >= 11 is 1.48. The first-order valence-corrected chi connectivity index (χ1v) is 10.7. The zero-order valence-electron chi connectivity index (χ0n) is 17.1. The summed E-state index contributed by atoms with van der Waals surface area (Å²) in [5.74, 6) is 0.221. The Balaban J connectivity index is 1.41. The quantitative estimate of drug-likeness (QED) is 0.571. The van der Waals surface area contributed by atoms with Crippen LogP contribution in [0.2, 0.25) is 0 Å². The topological polar surface area (TPSA) is 79.4 Å². The molecule has 2 aliphatic rings. The van der Waals surface area contributed by atoms with E-state index >= 15 is 0 Å². The normalized spacial score (nSPS) is 23.1. The summed E-state index contributed by atoms with van der Waals surface area (Å²) in [5, 5.41) is 1.93. The number of carbonyl (C=O) groups excluding carboxylic acids is 1. The third-order valence-corrected chi connectivity index (χ3v) is 6.00. The largest absolute Gasteiger partial charge is 0.522 e. The van der Waals surface area contributed by atoms with Crippen LogP contribution in [0, 0.1) is 0 Å². The van der Waals surface area contributed by atoms with Crippen molar-refractivity contribution in [3.05, 3.63) is 40.3 Å². The number of carbonyl (C=O) groups is 1. The minimum Gasteiger partial charge on any atom is -0.493 e. The highest BCUT2D eigenvalue weighted by molar-refractivity contribution is 7.07. The van der Waals surface area contributed by atoms with E-state index in [1.165, 1.54) is 30.6 Å². The third-order valence-electron chi connectivity index (χ3n) is 5.42. The fourth-order valence-corrected chi connectivity index (χ4v) is 4.48. The molecule has 8 nitrogen and oxygen atoms in total. The van der Waals surface area contributed by atoms with Gasteiger partial charge in [0.1, 0.15) is 25.1 Å². The zero-order valence-corrected chi connectivity index (χ0v) is 17.9. The number of rotatable bonds is 7. The van der Waals surface area contributed by atoms with Gasteiger partial charge in [-0.05, 0) is 18.2 Å². The molecule has 174 valence electrons. The van der Waals surface area contributed by atoms with Crippen LogP contribution in [0.3, 0.4) is 0 Å². The molecule has 2 aromatic rings. The van der Waals surface area contributed by atoms with Crippen molar-refractivity contribution in [3.63, 3.8) is 0 Å². The van der Waals surface area contributed by atoms with Crippen molar-refractivity contribution in [2.75, 3.05) is 40.2 Å². The molecule has 3 heterocycles. The van der Waals surface area contributed by atoms with Crippen LogP contribution >= 0.6 is 11.3 Å². The van der Waals surface area contributed by atoms with Crippen LogP contribution < -0.4 is 9.47 Å². The lowest BCUT2D eigenvalue weighted by atomic mass is 9.86. The van der Waals surface area contributed by atoms with Gasteiger partial charge in [0.2, 0.25) is 0 Å². The summed E-state index contributed by atoms with van der Waals surface area (Å²) in [7, 11) is 1.38. The van der Waals surface area contributed by atoms with Crippen LogP contribution in [0.5, 0.6) is 11.5 Å². The number of aromatic nitrogens is 1. The molecule has 2 fully saturated rings. The number of ether oxygens (including phenoxy) is 5. The number of fused-ring (bicyclic) bond motifs is 1. The van der Waals surface area contributed by atoms with E-state index in [2.05, 4.69) is 9.72 Å². The Labute approximate surface area is 185 Å². The molecule has 2 atom stereocenters. The zero-order chi connectivity index (χ0) is 22.8. The van der Waals surface area contributed by atoms with Gasteiger partial charge in [-0.1, -0.05) is 0 Å². The number of thiazole rings is 1. The maximum atomic E-state index is 13.1. The number of hydrogen-bond donors (Lipinski definition) is 0. The third kappa shape index (κ3) is 4.68. The predicted octanol–water partition coefficient (Wildman–Crippen LogP) is 3.18. The average Bonchev–Trinajstić information content (AvgIpc) is 3.45. The fourth-order valence-electron chi connectivity index (χ4n) is 3.86. The number of benzene rings is 1. The van der Waals surface area contributed by atoms with Gasteiger partial charge >= 0.3 is 6.36 Å². The molecular formula is C20H21F3N2O6S. The van der Waals surface area contributed by atoms with Crippen LogP contribution in [0.4, 0.5) is 13.2 Å². The first kappa shape index (κ1) is 22.8. The van der Waals surface area contributed by atoms with Crippen molar-refractivity contribution in [2.24, 2.45) is 0 Å². The van der Waals surface area contributed by atoms with Gasteiger partial charge in [0, 0.05) is 23.9 Å². The van der Waals surface area contributed by atoms with Crippen molar-refractivity contribution in [3.8, 4) is 11.5 Å². The molecule has 12 heteroatoms. The van der Waals surface area contributed by atoms with E-state index in [0.717, 1.165) is 5.69 Å². The van der Waals surface area contributed by atoms with E-state index in [9.17, 15) is 18.0 Å². The molecular weight excluding hydrogens is 453 g/mol. The summed E-state index contributed by atoms with van der Waals surface area (Å²) in [6.45, 7) is -0.0578. The van der Waals surface area contributed by atoms with Crippen LogP contribution in [-0.2, 0) is 19.8 Å². The van der Waals surface area contributed by atoms with Gasteiger partial charge < -0.3 is 23.8 Å². The summed E-state index contributed by atoms with van der Waals surface area (Å²) in [6.07, 6.45) is -4.51. The molecule has 1 amide bonds. The fraction of sp³-hybridized carbons (Fsp3) is 0.500. The maximum Gasteiger partial charge on any atom is 0.522 e. The first-order chi connectivity index (χ1) is 15.3. The Morgan fingerprint density at radius 2 is 2.19 bits per heavy atom. The van der Waals surface area contributed by atoms with Crippen molar-refractivity contribution < 1.29 is 41.7 Å². The Bertz CT molecular complexity index is 942. The van der Waals surface area contributed by atoms with E-state index in [4.69, 9.17) is 18.9 Å². The first-order valence-electron chi connectivity index (χ1n) is 9.77. The molecule has 32 heavy (non-hydrogen) atoms. The number of amides is 1. The molecule has 2 aliphatic heterocycles. The molecule has 0 N–H and O–H groups in total. The second-order valence-corrected chi connectivity index (χ2v) is 7.91. The second-order valence-electron chi connectivity index (χ2n) is 7.19. The van der Waals surface area contributed by atoms with Gasteiger partial charge in [-0.25, -0.2) is 4.98 Å². The molecule has 0 spiro atoms. The molecule has 2 saturated heterocycles. The molecule has 0 radical (unpaired) electrons. The van der Waals surface area contributed by atoms with E-state index in [0.29, 0.717) is 25.1 Å². The lowest BCUT2D eigenvalue weighted by Gasteiger charge is -2.40.